The highest BCUT2D eigenvalue weighted by Crippen LogP contribution is 2.27. The Morgan fingerprint density at radius 1 is 1.33 bits per heavy atom. The van der Waals surface area contributed by atoms with Gasteiger partial charge in [-0.2, -0.15) is 5.10 Å². The van der Waals surface area contributed by atoms with Gasteiger partial charge in [0.1, 0.15) is 11.5 Å². The number of halogens is 2. The highest BCUT2D eigenvalue weighted by molar-refractivity contribution is 9.10. The highest BCUT2D eigenvalue weighted by Gasteiger charge is 2.15. The molecule has 0 aliphatic heterocycles. The van der Waals surface area contributed by atoms with Gasteiger partial charge in [-0.1, -0.05) is 0 Å². The third kappa shape index (κ3) is 2.54. The standard InChI is InChI=1S/C15H10BrFN2O2/c1-9-6-11(17)2-3-12(9)19-7-10(8-20)15(18-19)13-4-5-14(16)21-13/h2-8H,1H3. The number of carbonyl (C=O) groups excluding carboxylic acids is 1. The SMILES string of the molecule is Cc1cc(F)ccc1-n1cc(C=O)c(-c2ccc(Br)o2)n1. The minimum absolute atomic E-state index is 0.311. The van der Waals surface area contributed by atoms with Gasteiger partial charge in [0.15, 0.2) is 16.7 Å². The van der Waals surface area contributed by atoms with Crippen molar-refractivity contribution in [3.63, 3.8) is 0 Å². The van der Waals surface area contributed by atoms with Gasteiger partial charge in [0.25, 0.3) is 0 Å². The first-order valence-electron chi connectivity index (χ1n) is 6.15. The van der Waals surface area contributed by atoms with Crippen molar-refractivity contribution in [2.75, 3.05) is 0 Å². The van der Waals surface area contributed by atoms with Crippen LogP contribution in [0, 0.1) is 12.7 Å². The van der Waals surface area contributed by atoms with Crippen molar-refractivity contribution in [3.05, 3.63) is 58.1 Å². The summed E-state index contributed by atoms with van der Waals surface area (Å²) in [5, 5.41) is 4.37. The Morgan fingerprint density at radius 3 is 2.76 bits per heavy atom. The van der Waals surface area contributed by atoms with Crippen LogP contribution in [0.15, 0.2) is 45.6 Å². The van der Waals surface area contributed by atoms with Crippen LogP contribution in [0.25, 0.3) is 17.1 Å². The summed E-state index contributed by atoms with van der Waals surface area (Å²) in [5.74, 6) is 0.177. The molecule has 0 atom stereocenters. The Morgan fingerprint density at radius 2 is 2.14 bits per heavy atom. The van der Waals surface area contributed by atoms with E-state index in [1.807, 2.05) is 0 Å². The van der Waals surface area contributed by atoms with E-state index >= 15 is 0 Å². The average molecular weight is 349 g/mol. The molecule has 3 aromatic rings. The van der Waals surface area contributed by atoms with Crippen molar-refractivity contribution in [1.82, 2.24) is 9.78 Å². The molecule has 0 saturated heterocycles. The van der Waals surface area contributed by atoms with E-state index in [1.54, 1.807) is 36.0 Å². The van der Waals surface area contributed by atoms with E-state index in [2.05, 4.69) is 21.0 Å². The van der Waals surface area contributed by atoms with Crippen LogP contribution in [0.5, 0.6) is 0 Å². The second kappa shape index (κ2) is 5.29. The summed E-state index contributed by atoms with van der Waals surface area (Å²) in [5.41, 5.74) is 2.28. The van der Waals surface area contributed by atoms with Gasteiger partial charge in [0.2, 0.25) is 0 Å². The van der Waals surface area contributed by atoms with Crippen LogP contribution in [-0.4, -0.2) is 16.1 Å². The third-order valence-corrected chi connectivity index (χ3v) is 3.51. The first-order valence-corrected chi connectivity index (χ1v) is 6.95. The van der Waals surface area contributed by atoms with E-state index in [4.69, 9.17) is 4.42 Å². The van der Waals surface area contributed by atoms with Crippen molar-refractivity contribution >= 4 is 22.2 Å². The van der Waals surface area contributed by atoms with Crippen LogP contribution in [0.2, 0.25) is 0 Å². The van der Waals surface area contributed by atoms with Crippen LogP contribution in [0.1, 0.15) is 15.9 Å². The van der Waals surface area contributed by atoms with E-state index < -0.39 is 0 Å². The average Bonchev–Trinajstić information content (AvgIpc) is 3.04. The van der Waals surface area contributed by atoms with E-state index in [0.717, 1.165) is 5.56 Å². The van der Waals surface area contributed by atoms with Crippen molar-refractivity contribution in [2.24, 2.45) is 0 Å². The number of rotatable bonds is 3. The first-order chi connectivity index (χ1) is 10.1. The molecule has 3 rings (SSSR count). The van der Waals surface area contributed by atoms with Crippen LogP contribution < -0.4 is 0 Å². The molecule has 0 unspecified atom stereocenters. The van der Waals surface area contributed by atoms with Crippen LogP contribution in [-0.2, 0) is 0 Å². The Balaban J connectivity index is 2.13. The number of nitrogens with zero attached hydrogens (tertiary/aromatic N) is 2. The molecule has 0 N–H and O–H groups in total. The summed E-state index contributed by atoms with van der Waals surface area (Å²) >= 11 is 3.22. The van der Waals surface area contributed by atoms with Crippen molar-refractivity contribution in [3.8, 4) is 17.1 Å². The topological polar surface area (TPSA) is 48.0 Å². The largest absolute Gasteiger partial charge is 0.448 e. The van der Waals surface area contributed by atoms with Crippen molar-refractivity contribution < 1.29 is 13.6 Å². The normalized spacial score (nSPS) is 10.8. The summed E-state index contributed by atoms with van der Waals surface area (Å²) in [6.07, 6.45) is 2.31. The fourth-order valence-corrected chi connectivity index (χ4v) is 2.41. The summed E-state index contributed by atoms with van der Waals surface area (Å²) in [7, 11) is 0. The molecule has 0 amide bonds. The maximum absolute atomic E-state index is 13.2. The fraction of sp³-hybridized carbons (Fsp3) is 0.0667. The molecule has 1 aromatic carbocycles. The molecule has 0 radical (unpaired) electrons. The highest BCUT2D eigenvalue weighted by atomic mass is 79.9. The molecule has 0 spiro atoms. The van der Waals surface area contributed by atoms with Gasteiger partial charge in [0.05, 0.1) is 11.3 Å². The fourth-order valence-electron chi connectivity index (χ4n) is 2.11. The Kier molecular flexibility index (Phi) is 3.47. The number of benzene rings is 1. The number of carbonyl (C=O) groups is 1. The molecular formula is C15H10BrFN2O2. The number of aldehydes is 1. The maximum Gasteiger partial charge on any atom is 0.169 e. The van der Waals surface area contributed by atoms with E-state index in [9.17, 15) is 9.18 Å². The van der Waals surface area contributed by atoms with Gasteiger partial charge in [0, 0.05) is 6.20 Å². The summed E-state index contributed by atoms with van der Waals surface area (Å²) < 4.78 is 20.7. The quantitative estimate of drug-likeness (QED) is 0.668. The molecule has 6 heteroatoms. The van der Waals surface area contributed by atoms with Crippen molar-refractivity contribution in [1.29, 1.82) is 0 Å². The number of hydrogen-bond donors (Lipinski definition) is 0. The van der Waals surface area contributed by atoms with Crippen molar-refractivity contribution in [2.45, 2.75) is 6.92 Å². The zero-order valence-electron chi connectivity index (χ0n) is 11.0. The van der Waals surface area contributed by atoms with E-state index in [1.165, 1.54) is 12.1 Å². The molecule has 2 aromatic heterocycles. The zero-order chi connectivity index (χ0) is 15.0. The van der Waals surface area contributed by atoms with Gasteiger partial charge < -0.3 is 4.42 Å². The second-order valence-electron chi connectivity index (χ2n) is 4.53. The summed E-state index contributed by atoms with van der Waals surface area (Å²) in [4.78, 5) is 11.2. The lowest BCUT2D eigenvalue weighted by atomic mass is 10.2. The van der Waals surface area contributed by atoms with Crippen LogP contribution in [0.4, 0.5) is 4.39 Å². The minimum Gasteiger partial charge on any atom is -0.448 e. The summed E-state index contributed by atoms with van der Waals surface area (Å²) in [6.45, 7) is 1.78. The smallest absolute Gasteiger partial charge is 0.169 e. The first kappa shape index (κ1) is 13.8. The number of aromatic nitrogens is 2. The summed E-state index contributed by atoms with van der Waals surface area (Å²) in [6, 6.07) is 7.84. The number of hydrogen-bond acceptors (Lipinski definition) is 3. The molecule has 0 saturated carbocycles. The third-order valence-electron chi connectivity index (χ3n) is 3.08. The van der Waals surface area contributed by atoms with Gasteiger partial charge in [-0.3, -0.25) is 4.79 Å². The monoisotopic (exact) mass is 348 g/mol. The zero-order valence-corrected chi connectivity index (χ0v) is 12.6. The lowest BCUT2D eigenvalue weighted by Gasteiger charge is -2.05. The molecule has 0 bridgehead atoms. The van der Waals surface area contributed by atoms with Gasteiger partial charge >= 0.3 is 0 Å². The molecule has 2 heterocycles. The Labute approximate surface area is 128 Å². The molecule has 21 heavy (non-hydrogen) atoms. The van der Waals surface area contributed by atoms with Crippen LogP contribution in [0.3, 0.4) is 0 Å². The van der Waals surface area contributed by atoms with Gasteiger partial charge in [-0.25, -0.2) is 9.07 Å². The molecule has 106 valence electrons. The maximum atomic E-state index is 13.2. The molecule has 0 aliphatic rings. The molecule has 4 nitrogen and oxygen atoms in total. The second-order valence-corrected chi connectivity index (χ2v) is 5.31. The van der Waals surface area contributed by atoms with E-state index in [-0.39, 0.29) is 5.82 Å². The lowest BCUT2D eigenvalue weighted by Crippen LogP contribution is -1.98. The number of furan rings is 1. The lowest BCUT2D eigenvalue weighted by molar-refractivity contribution is 0.112. The molecule has 0 fully saturated rings. The predicted molar refractivity (Wildman–Crippen MR) is 79.0 cm³/mol. The minimum atomic E-state index is -0.311. The van der Waals surface area contributed by atoms with E-state index in [0.29, 0.717) is 33.7 Å². The number of aryl methyl sites for hydroxylation is 1. The van der Waals surface area contributed by atoms with Crippen LogP contribution >= 0.6 is 15.9 Å². The molecule has 0 aliphatic carbocycles. The Bertz CT molecular complexity index is 823. The van der Waals surface area contributed by atoms with Gasteiger partial charge in [-0.05, 0) is 58.7 Å². The van der Waals surface area contributed by atoms with Gasteiger partial charge in [-0.15, -0.1) is 0 Å². The molecular weight excluding hydrogens is 339 g/mol. The predicted octanol–water partition coefficient (Wildman–Crippen LogP) is 4.15. The Hall–Kier alpha value is -2.21.